The van der Waals surface area contributed by atoms with Crippen molar-refractivity contribution in [2.75, 3.05) is 13.6 Å². The summed E-state index contributed by atoms with van der Waals surface area (Å²) in [6.07, 6.45) is 4.42. The number of carbonyl (C=O) groups excluding carboxylic acids is 2. The van der Waals surface area contributed by atoms with Crippen LogP contribution in [-0.2, 0) is 14.8 Å². The molecule has 1 aromatic rings. The van der Waals surface area contributed by atoms with Crippen LogP contribution in [0, 0.1) is 5.92 Å². The largest absolute Gasteiger partial charge is 0.343 e. The SMILES string of the molecule is CC(=O)c1ccc(S(=O)(=O)NCCC(=O)N(C)C2CCC(C)CC2)cc1. The Morgan fingerprint density at radius 3 is 2.23 bits per heavy atom. The highest BCUT2D eigenvalue weighted by atomic mass is 32.2. The van der Waals surface area contributed by atoms with E-state index in [9.17, 15) is 18.0 Å². The van der Waals surface area contributed by atoms with Crippen molar-refractivity contribution >= 4 is 21.7 Å². The molecule has 1 saturated carbocycles. The maximum absolute atomic E-state index is 12.3. The van der Waals surface area contributed by atoms with Crippen molar-refractivity contribution in [3.8, 4) is 0 Å². The molecule has 1 fully saturated rings. The Labute approximate surface area is 156 Å². The highest BCUT2D eigenvalue weighted by Gasteiger charge is 2.24. The van der Waals surface area contributed by atoms with Gasteiger partial charge in [0.25, 0.3) is 0 Å². The topological polar surface area (TPSA) is 83.5 Å². The van der Waals surface area contributed by atoms with Gasteiger partial charge in [0.15, 0.2) is 5.78 Å². The van der Waals surface area contributed by atoms with E-state index in [2.05, 4.69) is 11.6 Å². The lowest BCUT2D eigenvalue weighted by Gasteiger charge is -2.33. The van der Waals surface area contributed by atoms with Crippen molar-refractivity contribution in [2.45, 2.75) is 56.9 Å². The summed E-state index contributed by atoms with van der Waals surface area (Å²) in [6.45, 7) is 3.72. The molecule has 0 aromatic heterocycles. The number of sulfonamides is 1. The number of Topliss-reactive ketones (excluding diaryl/α,β-unsaturated/α-hetero) is 1. The van der Waals surface area contributed by atoms with Crippen molar-refractivity contribution in [1.82, 2.24) is 9.62 Å². The van der Waals surface area contributed by atoms with E-state index < -0.39 is 10.0 Å². The van der Waals surface area contributed by atoms with Crippen LogP contribution in [0.3, 0.4) is 0 Å². The van der Waals surface area contributed by atoms with Crippen LogP contribution in [0.25, 0.3) is 0 Å². The average Bonchev–Trinajstić information content (AvgIpc) is 2.61. The van der Waals surface area contributed by atoms with Gasteiger partial charge in [-0.2, -0.15) is 0 Å². The first-order valence-corrected chi connectivity index (χ1v) is 10.6. The molecular weight excluding hydrogens is 352 g/mol. The third-order valence-electron chi connectivity index (χ3n) is 5.13. The van der Waals surface area contributed by atoms with Crippen LogP contribution in [-0.4, -0.2) is 44.6 Å². The smallest absolute Gasteiger partial charge is 0.240 e. The summed E-state index contributed by atoms with van der Waals surface area (Å²) in [5.41, 5.74) is 0.461. The zero-order valence-electron chi connectivity index (χ0n) is 15.7. The number of carbonyl (C=O) groups is 2. The van der Waals surface area contributed by atoms with Gasteiger partial charge in [0, 0.05) is 31.6 Å². The van der Waals surface area contributed by atoms with E-state index in [1.807, 2.05) is 0 Å². The average molecular weight is 381 g/mol. The maximum atomic E-state index is 12.3. The summed E-state index contributed by atoms with van der Waals surface area (Å²) in [5.74, 6) is 0.558. The summed E-state index contributed by atoms with van der Waals surface area (Å²) in [5, 5.41) is 0. The van der Waals surface area contributed by atoms with E-state index in [4.69, 9.17) is 0 Å². The number of hydrogen-bond acceptors (Lipinski definition) is 4. The van der Waals surface area contributed by atoms with Crippen molar-refractivity contribution in [2.24, 2.45) is 5.92 Å². The Kier molecular flexibility index (Phi) is 6.94. The molecule has 26 heavy (non-hydrogen) atoms. The van der Waals surface area contributed by atoms with Crippen LogP contribution >= 0.6 is 0 Å². The van der Waals surface area contributed by atoms with Crippen LogP contribution in [0.1, 0.15) is 56.3 Å². The molecule has 0 unspecified atom stereocenters. The summed E-state index contributed by atoms with van der Waals surface area (Å²) in [7, 11) is -1.88. The van der Waals surface area contributed by atoms with Gasteiger partial charge in [-0.3, -0.25) is 9.59 Å². The molecule has 0 aliphatic heterocycles. The molecule has 0 atom stereocenters. The molecule has 6 nitrogen and oxygen atoms in total. The number of ketones is 1. The molecular formula is C19H28N2O4S. The number of amides is 1. The standard InChI is InChI=1S/C19H28N2O4S/c1-14-4-8-17(9-5-14)21(3)19(23)12-13-20-26(24,25)18-10-6-16(7-11-18)15(2)22/h6-7,10-11,14,17,20H,4-5,8-9,12-13H2,1-3H3. The Morgan fingerprint density at radius 2 is 1.69 bits per heavy atom. The molecule has 2 rings (SSSR count). The fraction of sp³-hybridized carbons (Fsp3) is 0.579. The highest BCUT2D eigenvalue weighted by molar-refractivity contribution is 7.89. The van der Waals surface area contributed by atoms with Crippen molar-refractivity contribution in [3.63, 3.8) is 0 Å². The lowest BCUT2D eigenvalue weighted by molar-refractivity contribution is -0.132. The predicted molar refractivity (Wildman–Crippen MR) is 100 cm³/mol. The molecule has 1 N–H and O–H groups in total. The van der Waals surface area contributed by atoms with E-state index in [1.54, 1.807) is 11.9 Å². The number of hydrogen-bond donors (Lipinski definition) is 1. The van der Waals surface area contributed by atoms with Gasteiger partial charge in [-0.05, 0) is 50.7 Å². The molecule has 144 valence electrons. The van der Waals surface area contributed by atoms with E-state index in [0.717, 1.165) is 31.6 Å². The molecule has 0 saturated heterocycles. The van der Waals surface area contributed by atoms with Crippen LogP contribution in [0.15, 0.2) is 29.2 Å². The van der Waals surface area contributed by atoms with Gasteiger partial charge in [-0.1, -0.05) is 19.1 Å². The summed E-state index contributed by atoms with van der Waals surface area (Å²) in [4.78, 5) is 25.4. The van der Waals surface area contributed by atoms with Gasteiger partial charge in [-0.15, -0.1) is 0 Å². The maximum Gasteiger partial charge on any atom is 0.240 e. The number of benzene rings is 1. The molecule has 1 aromatic carbocycles. The first-order chi connectivity index (χ1) is 12.2. The molecule has 0 spiro atoms. The molecule has 0 heterocycles. The minimum absolute atomic E-state index is 0.0424. The van der Waals surface area contributed by atoms with Crippen molar-refractivity contribution in [1.29, 1.82) is 0 Å². The molecule has 1 aliphatic carbocycles. The summed E-state index contributed by atoms with van der Waals surface area (Å²) < 4.78 is 27.0. The van der Waals surface area contributed by atoms with Gasteiger partial charge < -0.3 is 4.90 Å². The Balaban J connectivity index is 1.85. The van der Waals surface area contributed by atoms with E-state index >= 15 is 0 Å². The second-order valence-corrected chi connectivity index (χ2v) is 8.91. The van der Waals surface area contributed by atoms with Gasteiger partial charge >= 0.3 is 0 Å². The minimum Gasteiger partial charge on any atom is -0.343 e. The van der Waals surface area contributed by atoms with Gasteiger partial charge in [0.2, 0.25) is 15.9 Å². The number of nitrogens with one attached hydrogen (secondary N) is 1. The Hall–Kier alpha value is -1.73. The first kappa shape index (κ1) is 20.6. The van der Waals surface area contributed by atoms with Crippen LogP contribution in [0.5, 0.6) is 0 Å². The fourth-order valence-corrected chi connectivity index (χ4v) is 4.29. The second kappa shape index (κ2) is 8.77. The highest BCUT2D eigenvalue weighted by Crippen LogP contribution is 2.26. The third-order valence-corrected chi connectivity index (χ3v) is 6.61. The van der Waals surface area contributed by atoms with E-state index in [0.29, 0.717) is 5.56 Å². The normalized spacial score (nSPS) is 20.6. The van der Waals surface area contributed by atoms with E-state index in [-0.39, 0.29) is 35.6 Å². The molecule has 0 bridgehead atoms. The van der Waals surface area contributed by atoms with Crippen molar-refractivity contribution in [3.05, 3.63) is 29.8 Å². The second-order valence-electron chi connectivity index (χ2n) is 7.15. The van der Waals surface area contributed by atoms with Gasteiger partial charge in [0.05, 0.1) is 4.90 Å². The lowest BCUT2D eigenvalue weighted by atomic mass is 9.86. The monoisotopic (exact) mass is 380 g/mol. The van der Waals surface area contributed by atoms with Crippen LogP contribution in [0.4, 0.5) is 0 Å². The molecule has 0 radical (unpaired) electrons. The zero-order chi connectivity index (χ0) is 19.3. The summed E-state index contributed by atoms with van der Waals surface area (Å²) >= 11 is 0. The lowest BCUT2D eigenvalue weighted by Crippen LogP contribution is -2.40. The van der Waals surface area contributed by atoms with Crippen molar-refractivity contribution < 1.29 is 18.0 Å². The van der Waals surface area contributed by atoms with Gasteiger partial charge in [0.1, 0.15) is 0 Å². The first-order valence-electron chi connectivity index (χ1n) is 9.07. The number of rotatable bonds is 7. The minimum atomic E-state index is -3.69. The van der Waals surface area contributed by atoms with Crippen LogP contribution in [0.2, 0.25) is 0 Å². The predicted octanol–water partition coefficient (Wildman–Crippen LogP) is 2.59. The molecule has 1 aliphatic rings. The molecule has 1 amide bonds. The van der Waals surface area contributed by atoms with E-state index in [1.165, 1.54) is 31.2 Å². The van der Waals surface area contributed by atoms with Crippen LogP contribution < -0.4 is 4.72 Å². The third kappa shape index (κ3) is 5.38. The molecule has 7 heteroatoms. The van der Waals surface area contributed by atoms with Gasteiger partial charge in [-0.25, -0.2) is 13.1 Å². The number of nitrogens with zero attached hydrogens (tertiary/aromatic N) is 1. The zero-order valence-corrected chi connectivity index (χ0v) is 16.5. The quantitative estimate of drug-likeness (QED) is 0.737. The Morgan fingerprint density at radius 1 is 1.12 bits per heavy atom. The Bertz CT molecular complexity index is 735. The fourth-order valence-electron chi connectivity index (χ4n) is 3.25. The summed E-state index contributed by atoms with van der Waals surface area (Å²) in [6, 6.07) is 6.03.